The van der Waals surface area contributed by atoms with Crippen molar-refractivity contribution in [3.05, 3.63) is 0 Å². The molecule has 124 valence electrons. The van der Waals surface area contributed by atoms with Gasteiger partial charge >= 0.3 is 12.1 Å². The Labute approximate surface area is 124 Å². The van der Waals surface area contributed by atoms with E-state index in [4.69, 9.17) is 24.7 Å². The minimum Gasteiger partial charge on any atom is -0.428 e. The highest BCUT2D eigenvalue weighted by molar-refractivity contribution is 5.85. The van der Waals surface area contributed by atoms with E-state index in [1.165, 1.54) is 0 Å². The van der Waals surface area contributed by atoms with Gasteiger partial charge in [-0.25, -0.2) is 9.59 Å². The number of carbonyl (C=O) groups excluding carboxylic acids is 2. The van der Waals surface area contributed by atoms with Crippen molar-refractivity contribution in [2.24, 2.45) is 5.73 Å². The van der Waals surface area contributed by atoms with E-state index in [0.29, 0.717) is 19.8 Å². The Balaban J connectivity index is 3.73. The summed E-state index contributed by atoms with van der Waals surface area (Å²) in [5, 5.41) is 0. The first kappa shape index (κ1) is 19.8. The maximum atomic E-state index is 11.5. The standard InChI is InChI=1S/C13H25NO7/c1-13(2,3)21-12(16)20-11(15)10(14)9-19-8-7-18-6-5-17-4/h10H,5-9,14H2,1-4H3/t10-/m0/s1. The van der Waals surface area contributed by atoms with Crippen LogP contribution in [0.25, 0.3) is 0 Å². The van der Waals surface area contributed by atoms with Crippen molar-refractivity contribution in [2.75, 3.05) is 40.1 Å². The topological polar surface area (TPSA) is 106 Å². The Morgan fingerprint density at radius 3 is 2.19 bits per heavy atom. The summed E-state index contributed by atoms with van der Waals surface area (Å²) in [5.74, 6) is -0.899. The lowest BCUT2D eigenvalue weighted by Gasteiger charge is -2.19. The van der Waals surface area contributed by atoms with Gasteiger partial charge in [-0.3, -0.25) is 0 Å². The summed E-state index contributed by atoms with van der Waals surface area (Å²) in [6.07, 6.45) is -1.08. The molecule has 0 saturated carbocycles. The van der Waals surface area contributed by atoms with Crippen molar-refractivity contribution in [3.63, 3.8) is 0 Å². The van der Waals surface area contributed by atoms with E-state index >= 15 is 0 Å². The number of hydrogen-bond acceptors (Lipinski definition) is 8. The monoisotopic (exact) mass is 307 g/mol. The average Bonchev–Trinajstić information content (AvgIpc) is 2.34. The first-order valence-corrected chi connectivity index (χ1v) is 6.61. The van der Waals surface area contributed by atoms with Crippen LogP contribution >= 0.6 is 0 Å². The van der Waals surface area contributed by atoms with Gasteiger partial charge in [-0.2, -0.15) is 0 Å². The molecule has 0 aliphatic heterocycles. The number of carbonyl (C=O) groups is 2. The minimum absolute atomic E-state index is 0.0741. The number of hydrogen-bond donors (Lipinski definition) is 1. The highest BCUT2D eigenvalue weighted by atomic mass is 16.7. The zero-order valence-electron chi connectivity index (χ0n) is 13.0. The minimum atomic E-state index is -1.08. The quantitative estimate of drug-likeness (QED) is 0.372. The number of rotatable bonds is 9. The fraction of sp³-hybridized carbons (Fsp3) is 0.846. The van der Waals surface area contributed by atoms with E-state index in [1.807, 2.05) is 0 Å². The Kier molecular flexibility index (Phi) is 9.89. The van der Waals surface area contributed by atoms with Crippen LogP contribution in [0.15, 0.2) is 0 Å². The molecule has 0 rings (SSSR count). The van der Waals surface area contributed by atoms with Gasteiger partial charge in [-0.05, 0) is 20.8 Å². The van der Waals surface area contributed by atoms with Crippen LogP contribution in [-0.2, 0) is 28.5 Å². The first-order valence-electron chi connectivity index (χ1n) is 6.61. The summed E-state index contributed by atoms with van der Waals surface area (Å²) in [5.41, 5.74) is 4.78. The molecule has 0 saturated heterocycles. The second-order valence-corrected chi connectivity index (χ2v) is 5.17. The lowest BCUT2D eigenvalue weighted by molar-refractivity contribution is -0.144. The SMILES string of the molecule is COCCOCCOC[C@H](N)C(=O)OC(=O)OC(C)(C)C. The van der Waals surface area contributed by atoms with Gasteiger partial charge in [0.15, 0.2) is 0 Å². The highest BCUT2D eigenvalue weighted by Crippen LogP contribution is 2.08. The molecule has 0 fully saturated rings. The molecule has 0 unspecified atom stereocenters. The van der Waals surface area contributed by atoms with Crippen LogP contribution in [-0.4, -0.2) is 63.9 Å². The first-order chi connectivity index (χ1) is 9.76. The zero-order valence-corrected chi connectivity index (χ0v) is 13.0. The smallest absolute Gasteiger partial charge is 0.428 e. The molecule has 0 aromatic rings. The average molecular weight is 307 g/mol. The van der Waals surface area contributed by atoms with Gasteiger partial charge in [0.2, 0.25) is 0 Å². The van der Waals surface area contributed by atoms with Crippen molar-refractivity contribution in [3.8, 4) is 0 Å². The second-order valence-electron chi connectivity index (χ2n) is 5.17. The molecular weight excluding hydrogens is 282 g/mol. The third kappa shape index (κ3) is 12.2. The van der Waals surface area contributed by atoms with Crippen LogP contribution in [0.5, 0.6) is 0 Å². The summed E-state index contributed by atoms with van der Waals surface area (Å²) in [4.78, 5) is 22.7. The van der Waals surface area contributed by atoms with Gasteiger partial charge in [0, 0.05) is 7.11 Å². The van der Waals surface area contributed by atoms with Crippen molar-refractivity contribution in [1.29, 1.82) is 0 Å². The molecule has 8 nitrogen and oxygen atoms in total. The maximum Gasteiger partial charge on any atom is 0.516 e. The number of methoxy groups -OCH3 is 1. The second kappa shape index (κ2) is 10.5. The molecule has 0 aromatic carbocycles. The predicted octanol–water partition coefficient (Wildman–Crippen LogP) is 0.472. The molecule has 0 amide bonds. The van der Waals surface area contributed by atoms with Crippen LogP contribution < -0.4 is 5.73 Å². The molecule has 0 aromatic heterocycles. The van der Waals surface area contributed by atoms with E-state index in [9.17, 15) is 9.59 Å². The van der Waals surface area contributed by atoms with Crippen LogP contribution in [0.3, 0.4) is 0 Å². The Morgan fingerprint density at radius 1 is 1.05 bits per heavy atom. The zero-order chi connectivity index (χ0) is 16.3. The van der Waals surface area contributed by atoms with Crippen LogP contribution in [0.4, 0.5) is 4.79 Å². The molecule has 0 bridgehead atoms. The molecule has 21 heavy (non-hydrogen) atoms. The number of ether oxygens (including phenoxy) is 5. The fourth-order valence-corrected chi connectivity index (χ4v) is 1.07. The third-order valence-electron chi connectivity index (χ3n) is 1.98. The molecule has 0 aliphatic rings. The summed E-state index contributed by atoms with van der Waals surface area (Å²) < 4.78 is 24.4. The van der Waals surface area contributed by atoms with E-state index in [2.05, 4.69) is 4.74 Å². The van der Waals surface area contributed by atoms with Crippen LogP contribution in [0, 0.1) is 0 Å². The lowest BCUT2D eigenvalue weighted by atomic mass is 10.2. The largest absolute Gasteiger partial charge is 0.516 e. The lowest BCUT2D eigenvalue weighted by Crippen LogP contribution is -2.39. The van der Waals surface area contributed by atoms with Gasteiger partial charge in [0.05, 0.1) is 33.0 Å². The van der Waals surface area contributed by atoms with Crippen molar-refractivity contribution in [1.82, 2.24) is 0 Å². The van der Waals surface area contributed by atoms with Crippen molar-refractivity contribution in [2.45, 2.75) is 32.4 Å². The Bertz CT molecular complexity index is 314. The molecule has 0 radical (unpaired) electrons. The van der Waals surface area contributed by atoms with E-state index < -0.39 is 23.8 Å². The summed E-state index contributed by atoms with van der Waals surface area (Å²) in [7, 11) is 1.58. The van der Waals surface area contributed by atoms with Gasteiger partial charge in [0.1, 0.15) is 11.6 Å². The summed E-state index contributed by atoms with van der Waals surface area (Å²) >= 11 is 0. The summed E-state index contributed by atoms with van der Waals surface area (Å²) in [6.45, 7) is 6.50. The van der Waals surface area contributed by atoms with E-state index in [0.717, 1.165) is 0 Å². The van der Waals surface area contributed by atoms with Crippen LogP contribution in [0.2, 0.25) is 0 Å². The van der Waals surface area contributed by atoms with Gasteiger partial charge in [-0.15, -0.1) is 0 Å². The van der Waals surface area contributed by atoms with Gasteiger partial charge in [0.25, 0.3) is 0 Å². The molecule has 2 N–H and O–H groups in total. The van der Waals surface area contributed by atoms with Crippen molar-refractivity contribution < 1.29 is 33.3 Å². The molecule has 0 aliphatic carbocycles. The molecule has 0 spiro atoms. The van der Waals surface area contributed by atoms with Crippen molar-refractivity contribution >= 4 is 12.1 Å². The Hall–Kier alpha value is -1.22. The summed E-state index contributed by atoms with van der Waals surface area (Å²) in [6, 6.07) is -1.06. The third-order valence-corrected chi connectivity index (χ3v) is 1.98. The molecular formula is C13H25NO7. The highest BCUT2D eigenvalue weighted by Gasteiger charge is 2.23. The van der Waals surface area contributed by atoms with Crippen LogP contribution in [0.1, 0.15) is 20.8 Å². The maximum absolute atomic E-state index is 11.5. The molecule has 1 atom stereocenters. The fourth-order valence-electron chi connectivity index (χ4n) is 1.07. The Morgan fingerprint density at radius 2 is 1.62 bits per heavy atom. The normalized spacial score (nSPS) is 12.8. The number of nitrogens with two attached hydrogens (primary N) is 1. The van der Waals surface area contributed by atoms with E-state index in [-0.39, 0.29) is 13.2 Å². The van der Waals surface area contributed by atoms with Gasteiger partial charge in [-0.1, -0.05) is 0 Å². The number of esters is 1. The van der Waals surface area contributed by atoms with Gasteiger partial charge < -0.3 is 29.4 Å². The molecule has 0 heterocycles. The predicted molar refractivity (Wildman–Crippen MR) is 73.8 cm³/mol. The molecule has 8 heteroatoms. The van der Waals surface area contributed by atoms with E-state index in [1.54, 1.807) is 27.9 Å².